The summed E-state index contributed by atoms with van der Waals surface area (Å²) in [5.74, 6) is 1.22. The van der Waals surface area contributed by atoms with E-state index in [-0.39, 0.29) is 0 Å². The topological polar surface area (TPSA) is 60.0 Å². The summed E-state index contributed by atoms with van der Waals surface area (Å²) in [4.78, 5) is 6.55. The van der Waals surface area contributed by atoms with E-state index in [1.807, 2.05) is 18.2 Å². The third-order valence-corrected chi connectivity index (χ3v) is 4.13. The van der Waals surface area contributed by atoms with E-state index in [1.54, 1.807) is 4.68 Å². The second-order valence-corrected chi connectivity index (χ2v) is 5.57. The second kappa shape index (κ2) is 5.21. The number of hydrogen-bond acceptors (Lipinski definition) is 4. The largest absolute Gasteiger partial charge is 0.368 e. The van der Waals surface area contributed by atoms with Crippen molar-refractivity contribution in [2.24, 2.45) is 0 Å². The zero-order chi connectivity index (χ0) is 13.2. The number of benzene rings is 1. The van der Waals surface area contributed by atoms with Crippen molar-refractivity contribution in [1.29, 1.82) is 0 Å². The number of nitrogens with two attached hydrogens (primary N) is 1. The Morgan fingerprint density at radius 1 is 1.21 bits per heavy atom. The fraction of sp³-hybridized carbons (Fsp3) is 0.385. The van der Waals surface area contributed by atoms with Crippen LogP contribution in [-0.4, -0.2) is 27.9 Å². The lowest BCUT2D eigenvalue weighted by atomic mass is 10.2. The van der Waals surface area contributed by atoms with Crippen LogP contribution in [0.5, 0.6) is 0 Å². The maximum atomic E-state index is 5.95. The number of anilines is 2. The predicted octanol–water partition coefficient (Wildman–Crippen LogP) is 2.27. The summed E-state index contributed by atoms with van der Waals surface area (Å²) in [6.45, 7) is 2.69. The van der Waals surface area contributed by atoms with E-state index in [9.17, 15) is 0 Å². The maximum absolute atomic E-state index is 5.95. The molecule has 1 aromatic heterocycles. The van der Waals surface area contributed by atoms with Crippen LogP contribution in [0.1, 0.15) is 18.4 Å². The Balaban J connectivity index is 1.83. The molecule has 100 valence electrons. The molecule has 6 heteroatoms. The van der Waals surface area contributed by atoms with Gasteiger partial charge < -0.3 is 10.6 Å². The quantitative estimate of drug-likeness (QED) is 0.942. The fourth-order valence-electron chi connectivity index (χ4n) is 2.30. The monoisotopic (exact) mass is 321 g/mol. The van der Waals surface area contributed by atoms with Crippen LogP contribution in [0.25, 0.3) is 0 Å². The molecule has 0 saturated carbocycles. The van der Waals surface area contributed by atoms with Gasteiger partial charge in [0.25, 0.3) is 0 Å². The van der Waals surface area contributed by atoms with E-state index in [2.05, 4.69) is 37.0 Å². The van der Waals surface area contributed by atoms with Crippen LogP contribution in [-0.2, 0) is 6.54 Å². The highest BCUT2D eigenvalue weighted by Crippen LogP contribution is 2.20. The molecule has 2 aromatic rings. The standard InChI is InChI=1S/C13H16BrN5/c14-11-6-2-1-5-10(11)9-19-12(15)16-13(17-19)18-7-3-4-8-18/h1-2,5-6H,3-4,7-9H2,(H2,15,16,17). The normalized spacial score (nSPS) is 15.1. The molecule has 3 rings (SSSR count). The zero-order valence-corrected chi connectivity index (χ0v) is 12.2. The third kappa shape index (κ3) is 2.58. The summed E-state index contributed by atoms with van der Waals surface area (Å²) >= 11 is 3.54. The smallest absolute Gasteiger partial charge is 0.246 e. The van der Waals surface area contributed by atoms with Crippen molar-refractivity contribution in [3.05, 3.63) is 34.3 Å². The number of hydrogen-bond donors (Lipinski definition) is 1. The molecular weight excluding hydrogens is 306 g/mol. The first-order valence-corrected chi connectivity index (χ1v) is 7.22. The molecule has 1 aliphatic heterocycles. The van der Waals surface area contributed by atoms with Crippen molar-refractivity contribution in [3.63, 3.8) is 0 Å². The Bertz CT molecular complexity index is 574. The molecule has 0 aliphatic carbocycles. The molecule has 5 nitrogen and oxygen atoms in total. The molecule has 2 heterocycles. The summed E-state index contributed by atoms with van der Waals surface area (Å²) in [6, 6.07) is 8.08. The van der Waals surface area contributed by atoms with Crippen molar-refractivity contribution in [2.75, 3.05) is 23.7 Å². The van der Waals surface area contributed by atoms with Crippen molar-refractivity contribution >= 4 is 27.8 Å². The van der Waals surface area contributed by atoms with Crippen molar-refractivity contribution in [3.8, 4) is 0 Å². The number of nitrogen functional groups attached to an aromatic ring is 1. The first-order valence-electron chi connectivity index (χ1n) is 6.43. The SMILES string of the molecule is Nc1nc(N2CCCC2)nn1Cc1ccccc1Br. The van der Waals surface area contributed by atoms with Gasteiger partial charge in [-0.15, -0.1) is 5.10 Å². The van der Waals surface area contributed by atoms with E-state index < -0.39 is 0 Å². The molecule has 2 N–H and O–H groups in total. The van der Waals surface area contributed by atoms with Gasteiger partial charge in [0.1, 0.15) is 0 Å². The Morgan fingerprint density at radius 3 is 2.68 bits per heavy atom. The highest BCUT2D eigenvalue weighted by atomic mass is 79.9. The Kier molecular flexibility index (Phi) is 3.42. The first kappa shape index (κ1) is 12.5. The summed E-state index contributed by atoms with van der Waals surface area (Å²) in [7, 11) is 0. The van der Waals surface area contributed by atoms with E-state index in [4.69, 9.17) is 5.73 Å². The van der Waals surface area contributed by atoms with E-state index in [1.165, 1.54) is 12.8 Å². The lowest BCUT2D eigenvalue weighted by Gasteiger charge is -2.11. The van der Waals surface area contributed by atoms with Crippen LogP contribution >= 0.6 is 15.9 Å². The van der Waals surface area contributed by atoms with Crippen molar-refractivity contribution < 1.29 is 0 Å². The molecule has 0 bridgehead atoms. The second-order valence-electron chi connectivity index (χ2n) is 4.71. The zero-order valence-electron chi connectivity index (χ0n) is 10.6. The van der Waals surface area contributed by atoms with Gasteiger partial charge in [-0.2, -0.15) is 4.98 Å². The lowest BCUT2D eigenvalue weighted by molar-refractivity contribution is 0.689. The van der Waals surface area contributed by atoms with Gasteiger partial charge in [-0.3, -0.25) is 0 Å². The average Bonchev–Trinajstić information content (AvgIpc) is 3.02. The van der Waals surface area contributed by atoms with Gasteiger partial charge in [0, 0.05) is 17.6 Å². The Labute approximate surface area is 120 Å². The molecule has 1 aliphatic rings. The van der Waals surface area contributed by atoms with Crippen LogP contribution in [0.4, 0.5) is 11.9 Å². The number of aromatic nitrogens is 3. The minimum atomic E-state index is 0.470. The van der Waals surface area contributed by atoms with Gasteiger partial charge in [-0.25, -0.2) is 4.68 Å². The number of nitrogens with zero attached hydrogens (tertiary/aromatic N) is 4. The minimum absolute atomic E-state index is 0.470. The lowest BCUT2D eigenvalue weighted by Crippen LogP contribution is -2.19. The summed E-state index contributed by atoms with van der Waals surface area (Å²) in [6.07, 6.45) is 2.41. The van der Waals surface area contributed by atoms with Gasteiger partial charge in [0.05, 0.1) is 6.54 Å². The number of halogens is 1. The molecule has 0 amide bonds. The van der Waals surface area contributed by atoms with Gasteiger partial charge in [-0.1, -0.05) is 34.1 Å². The van der Waals surface area contributed by atoms with Crippen LogP contribution in [0.15, 0.2) is 28.7 Å². The van der Waals surface area contributed by atoms with Gasteiger partial charge >= 0.3 is 0 Å². The third-order valence-electron chi connectivity index (χ3n) is 3.36. The summed E-state index contributed by atoms with van der Waals surface area (Å²) in [5, 5.41) is 4.51. The van der Waals surface area contributed by atoms with Crippen LogP contribution in [0.3, 0.4) is 0 Å². The van der Waals surface area contributed by atoms with E-state index >= 15 is 0 Å². The first-order chi connectivity index (χ1) is 9.24. The van der Waals surface area contributed by atoms with Gasteiger partial charge in [0.2, 0.25) is 11.9 Å². The summed E-state index contributed by atoms with van der Waals surface area (Å²) in [5.41, 5.74) is 7.10. The van der Waals surface area contributed by atoms with E-state index in [0.717, 1.165) is 29.1 Å². The van der Waals surface area contributed by atoms with Gasteiger partial charge in [-0.05, 0) is 24.5 Å². The molecule has 0 spiro atoms. The number of rotatable bonds is 3. The highest BCUT2D eigenvalue weighted by Gasteiger charge is 2.18. The molecule has 0 radical (unpaired) electrons. The Hall–Kier alpha value is -1.56. The van der Waals surface area contributed by atoms with Crippen LogP contribution < -0.4 is 10.6 Å². The molecule has 1 fully saturated rings. The highest BCUT2D eigenvalue weighted by molar-refractivity contribution is 9.10. The molecular formula is C13H16BrN5. The van der Waals surface area contributed by atoms with Crippen LogP contribution in [0, 0.1) is 0 Å². The molecule has 1 aromatic carbocycles. The molecule has 1 saturated heterocycles. The average molecular weight is 322 g/mol. The fourth-order valence-corrected chi connectivity index (χ4v) is 2.71. The van der Waals surface area contributed by atoms with Gasteiger partial charge in [0.15, 0.2) is 0 Å². The van der Waals surface area contributed by atoms with Crippen molar-refractivity contribution in [1.82, 2.24) is 14.8 Å². The van der Waals surface area contributed by atoms with E-state index in [0.29, 0.717) is 12.5 Å². The minimum Gasteiger partial charge on any atom is -0.368 e. The van der Waals surface area contributed by atoms with Crippen molar-refractivity contribution in [2.45, 2.75) is 19.4 Å². The maximum Gasteiger partial charge on any atom is 0.246 e. The Morgan fingerprint density at radius 2 is 1.95 bits per heavy atom. The molecule has 0 unspecified atom stereocenters. The predicted molar refractivity (Wildman–Crippen MR) is 79.1 cm³/mol. The van der Waals surface area contributed by atoms with Crippen LogP contribution in [0.2, 0.25) is 0 Å². The molecule has 0 atom stereocenters. The molecule has 19 heavy (non-hydrogen) atoms. The summed E-state index contributed by atoms with van der Waals surface area (Å²) < 4.78 is 2.82.